The first-order chi connectivity index (χ1) is 11.4. The lowest BCUT2D eigenvalue weighted by atomic mass is 10.2. The SMILES string of the molecule is CCCN(C)S(=O)(=O)c1cccc(C(=O)Nc2ccccc2O)c1. The third-order valence-corrected chi connectivity index (χ3v) is 5.35. The summed E-state index contributed by atoms with van der Waals surface area (Å²) in [5.74, 6) is -0.552. The van der Waals surface area contributed by atoms with Crippen molar-refractivity contribution in [3.05, 3.63) is 54.1 Å². The van der Waals surface area contributed by atoms with Crippen LogP contribution in [-0.2, 0) is 10.0 Å². The smallest absolute Gasteiger partial charge is 0.255 e. The highest BCUT2D eigenvalue weighted by molar-refractivity contribution is 7.89. The van der Waals surface area contributed by atoms with Crippen LogP contribution in [0.5, 0.6) is 5.75 Å². The molecule has 0 aliphatic rings. The summed E-state index contributed by atoms with van der Waals surface area (Å²) >= 11 is 0. The number of nitrogens with zero attached hydrogens (tertiary/aromatic N) is 1. The Balaban J connectivity index is 2.27. The van der Waals surface area contributed by atoms with E-state index in [2.05, 4.69) is 5.32 Å². The molecule has 1 amide bonds. The zero-order chi connectivity index (χ0) is 17.7. The number of benzene rings is 2. The average Bonchev–Trinajstić information content (AvgIpc) is 2.57. The summed E-state index contributed by atoms with van der Waals surface area (Å²) in [6, 6.07) is 12.2. The van der Waals surface area contributed by atoms with Crippen molar-refractivity contribution in [1.82, 2.24) is 4.31 Å². The Kier molecular flexibility index (Phi) is 5.58. The predicted octanol–water partition coefficient (Wildman–Crippen LogP) is 2.68. The lowest BCUT2D eigenvalue weighted by molar-refractivity contribution is 0.102. The first-order valence-corrected chi connectivity index (χ1v) is 8.96. The van der Waals surface area contributed by atoms with E-state index in [-0.39, 0.29) is 21.9 Å². The number of sulfonamides is 1. The van der Waals surface area contributed by atoms with E-state index in [1.54, 1.807) is 18.2 Å². The van der Waals surface area contributed by atoms with E-state index in [0.717, 1.165) is 0 Å². The molecule has 7 heteroatoms. The molecule has 0 aliphatic carbocycles. The van der Waals surface area contributed by atoms with Crippen molar-refractivity contribution in [2.24, 2.45) is 0 Å². The maximum atomic E-state index is 12.5. The standard InChI is InChI=1S/C17H20N2O4S/c1-3-11-19(2)24(22,23)14-8-6-7-13(12-14)17(21)18-15-9-4-5-10-16(15)20/h4-10,12,20H,3,11H2,1-2H3,(H,18,21). The molecule has 0 saturated heterocycles. The van der Waals surface area contributed by atoms with Crippen molar-refractivity contribution in [2.75, 3.05) is 18.9 Å². The zero-order valence-electron chi connectivity index (χ0n) is 13.6. The molecule has 0 atom stereocenters. The number of phenolic OH excluding ortho intramolecular Hbond substituents is 1. The van der Waals surface area contributed by atoms with Crippen LogP contribution in [0.2, 0.25) is 0 Å². The summed E-state index contributed by atoms with van der Waals surface area (Å²) in [6.07, 6.45) is 0.698. The summed E-state index contributed by atoms with van der Waals surface area (Å²) < 4.78 is 26.2. The Labute approximate surface area is 141 Å². The van der Waals surface area contributed by atoms with E-state index in [9.17, 15) is 18.3 Å². The second-order valence-electron chi connectivity index (χ2n) is 5.33. The van der Waals surface area contributed by atoms with Gasteiger partial charge in [0.25, 0.3) is 5.91 Å². The summed E-state index contributed by atoms with van der Waals surface area (Å²) in [6.45, 7) is 2.29. The zero-order valence-corrected chi connectivity index (χ0v) is 14.4. The Morgan fingerprint density at radius 3 is 2.54 bits per heavy atom. The highest BCUT2D eigenvalue weighted by Crippen LogP contribution is 2.23. The minimum absolute atomic E-state index is 0.0581. The molecule has 24 heavy (non-hydrogen) atoms. The number of phenols is 1. The van der Waals surface area contributed by atoms with E-state index >= 15 is 0 Å². The van der Waals surface area contributed by atoms with E-state index in [4.69, 9.17) is 0 Å². The molecule has 0 aromatic heterocycles. The highest BCUT2D eigenvalue weighted by Gasteiger charge is 2.21. The molecule has 128 valence electrons. The number of hydrogen-bond acceptors (Lipinski definition) is 4. The number of hydrogen-bond donors (Lipinski definition) is 2. The topological polar surface area (TPSA) is 86.7 Å². The second kappa shape index (κ2) is 7.46. The van der Waals surface area contributed by atoms with Gasteiger partial charge in [0.1, 0.15) is 5.75 Å². The quantitative estimate of drug-likeness (QED) is 0.786. The van der Waals surface area contributed by atoms with Crippen LogP contribution in [0.15, 0.2) is 53.4 Å². The monoisotopic (exact) mass is 348 g/mol. The maximum absolute atomic E-state index is 12.5. The second-order valence-corrected chi connectivity index (χ2v) is 7.37. The minimum Gasteiger partial charge on any atom is -0.506 e. The van der Waals surface area contributed by atoms with Crippen LogP contribution in [0.1, 0.15) is 23.7 Å². The minimum atomic E-state index is -3.63. The summed E-state index contributed by atoms with van der Waals surface area (Å²) in [4.78, 5) is 12.4. The maximum Gasteiger partial charge on any atom is 0.255 e. The van der Waals surface area contributed by atoms with Crippen LogP contribution in [-0.4, -0.2) is 37.3 Å². The molecule has 0 fully saturated rings. The third kappa shape index (κ3) is 3.93. The van der Waals surface area contributed by atoms with Gasteiger partial charge in [0.15, 0.2) is 0 Å². The molecule has 0 aliphatic heterocycles. The Morgan fingerprint density at radius 1 is 1.17 bits per heavy atom. The molecule has 0 saturated carbocycles. The molecule has 0 radical (unpaired) electrons. The van der Waals surface area contributed by atoms with Gasteiger partial charge in [0, 0.05) is 19.2 Å². The fourth-order valence-electron chi connectivity index (χ4n) is 2.19. The van der Waals surface area contributed by atoms with Crippen LogP contribution in [0.4, 0.5) is 5.69 Å². The molecule has 6 nitrogen and oxygen atoms in total. The van der Waals surface area contributed by atoms with Gasteiger partial charge in [-0.05, 0) is 36.8 Å². The Morgan fingerprint density at radius 2 is 1.88 bits per heavy atom. The van der Waals surface area contributed by atoms with Crippen molar-refractivity contribution in [2.45, 2.75) is 18.2 Å². The third-order valence-electron chi connectivity index (χ3n) is 3.50. The van der Waals surface area contributed by atoms with Crippen LogP contribution < -0.4 is 5.32 Å². The van der Waals surface area contributed by atoms with Gasteiger partial charge >= 0.3 is 0 Å². The molecule has 2 aromatic rings. The summed E-state index contributed by atoms with van der Waals surface area (Å²) in [5.41, 5.74) is 0.461. The van der Waals surface area contributed by atoms with Crippen LogP contribution in [0, 0.1) is 0 Å². The van der Waals surface area contributed by atoms with Gasteiger partial charge in [-0.3, -0.25) is 4.79 Å². The molecule has 0 spiro atoms. The Hall–Kier alpha value is -2.38. The molecule has 0 heterocycles. The summed E-state index contributed by atoms with van der Waals surface area (Å²) in [5, 5.41) is 12.3. The van der Waals surface area contributed by atoms with Crippen LogP contribution >= 0.6 is 0 Å². The number of carbonyl (C=O) groups excluding carboxylic acids is 1. The van der Waals surface area contributed by atoms with Crippen molar-refractivity contribution in [3.8, 4) is 5.75 Å². The molecule has 2 aromatic carbocycles. The van der Waals surface area contributed by atoms with Gasteiger partial charge in [0.2, 0.25) is 10.0 Å². The normalized spacial score (nSPS) is 11.5. The predicted molar refractivity (Wildman–Crippen MR) is 92.6 cm³/mol. The fraction of sp³-hybridized carbons (Fsp3) is 0.235. The van der Waals surface area contributed by atoms with Crippen molar-refractivity contribution >= 4 is 21.6 Å². The molecule has 0 unspecified atom stereocenters. The molecular weight excluding hydrogens is 328 g/mol. The van der Waals surface area contributed by atoms with Crippen LogP contribution in [0.25, 0.3) is 0 Å². The lowest BCUT2D eigenvalue weighted by Crippen LogP contribution is -2.27. The number of anilines is 1. The highest BCUT2D eigenvalue weighted by atomic mass is 32.2. The van der Waals surface area contributed by atoms with Crippen molar-refractivity contribution < 1.29 is 18.3 Å². The fourth-order valence-corrected chi connectivity index (χ4v) is 3.50. The van der Waals surface area contributed by atoms with E-state index in [1.165, 1.54) is 41.7 Å². The van der Waals surface area contributed by atoms with Crippen molar-refractivity contribution in [3.63, 3.8) is 0 Å². The van der Waals surface area contributed by atoms with Gasteiger partial charge in [-0.25, -0.2) is 12.7 Å². The van der Waals surface area contributed by atoms with Crippen molar-refractivity contribution in [1.29, 1.82) is 0 Å². The molecular formula is C17H20N2O4S. The number of para-hydroxylation sites is 2. The number of aromatic hydroxyl groups is 1. The lowest BCUT2D eigenvalue weighted by Gasteiger charge is -2.16. The largest absolute Gasteiger partial charge is 0.506 e. The number of carbonyl (C=O) groups is 1. The van der Waals surface area contributed by atoms with E-state index < -0.39 is 15.9 Å². The number of rotatable bonds is 6. The van der Waals surface area contributed by atoms with Gasteiger partial charge in [-0.2, -0.15) is 0 Å². The first kappa shape index (κ1) is 18.0. The molecule has 2 N–H and O–H groups in total. The number of nitrogens with one attached hydrogen (secondary N) is 1. The van der Waals surface area contributed by atoms with Crippen LogP contribution in [0.3, 0.4) is 0 Å². The number of amides is 1. The van der Waals surface area contributed by atoms with Gasteiger partial charge in [0.05, 0.1) is 10.6 Å². The van der Waals surface area contributed by atoms with Gasteiger partial charge < -0.3 is 10.4 Å². The first-order valence-electron chi connectivity index (χ1n) is 7.52. The van der Waals surface area contributed by atoms with Gasteiger partial charge in [-0.1, -0.05) is 25.1 Å². The van der Waals surface area contributed by atoms with E-state index in [0.29, 0.717) is 13.0 Å². The molecule has 2 rings (SSSR count). The Bertz CT molecular complexity index is 834. The van der Waals surface area contributed by atoms with E-state index in [1.807, 2.05) is 6.92 Å². The average molecular weight is 348 g/mol. The summed E-state index contributed by atoms with van der Waals surface area (Å²) in [7, 11) is -2.13. The molecule has 0 bridgehead atoms. The van der Waals surface area contributed by atoms with Gasteiger partial charge in [-0.15, -0.1) is 0 Å².